The van der Waals surface area contributed by atoms with Gasteiger partial charge in [-0.3, -0.25) is 4.98 Å². The Morgan fingerprint density at radius 1 is 0.481 bits per heavy atom. The summed E-state index contributed by atoms with van der Waals surface area (Å²) in [6.07, 6.45) is 25.5. The molecule has 2 atom stereocenters. The van der Waals surface area contributed by atoms with Crippen molar-refractivity contribution in [3.05, 3.63) is 140 Å². The molecule has 0 bridgehead atoms. The number of thiophene rings is 2. The molecule has 2 unspecified atom stereocenters. The summed E-state index contributed by atoms with van der Waals surface area (Å²) in [5.74, 6) is 3.25. The van der Waals surface area contributed by atoms with E-state index in [2.05, 4.69) is 179 Å². The van der Waals surface area contributed by atoms with Crippen molar-refractivity contribution in [2.24, 2.45) is 11.8 Å². The minimum atomic E-state index is -3.12. The van der Waals surface area contributed by atoms with Gasteiger partial charge >= 0.3 is 385 Å². The molecule has 0 amide bonds. The molecule has 81 heavy (non-hydrogen) atoms. The van der Waals surface area contributed by atoms with E-state index in [0.717, 1.165) is 93.6 Å². The van der Waals surface area contributed by atoms with Crippen molar-refractivity contribution in [3.63, 3.8) is 0 Å². The van der Waals surface area contributed by atoms with Gasteiger partial charge in [-0.25, -0.2) is 0 Å². The number of ether oxygens (including phenoxy) is 2. The van der Waals surface area contributed by atoms with Crippen LogP contribution in [0.25, 0.3) is 64.1 Å². The third kappa shape index (κ3) is 13.6. The van der Waals surface area contributed by atoms with Crippen LogP contribution in [0.5, 0.6) is 11.5 Å². The van der Waals surface area contributed by atoms with Crippen LogP contribution in [0.15, 0.2) is 140 Å². The molecular weight excluding hydrogens is 1110 g/mol. The van der Waals surface area contributed by atoms with E-state index in [4.69, 9.17) is 23.2 Å². The second kappa shape index (κ2) is 28.6. The Hall–Kier alpha value is -5.66. The van der Waals surface area contributed by atoms with Gasteiger partial charge < -0.3 is 9.47 Å². The fourth-order valence-corrected chi connectivity index (χ4v) is 31.7. The van der Waals surface area contributed by atoms with E-state index in [1.54, 1.807) is 8.79 Å². The topological polar surface area (TPSA) is 73.3 Å². The summed E-state index contributed by atoms with van der Waals surface area (Å²) in [6.45, 7) is 15.7. The Morgan fingerprint density at radius 2 is 0.951 bits per heavy atom. The van der Waals surface area contributed by atoms with Crippen molar-refractivity contribution < 1.29 is 9.47 Å². The normalized spacial score (nSPS) is 14.5. The van der Waals surface area contributed by atoms with Gasteiger partial charge in [-0.1, -0.05) is 52.4 Å². The number of fused-ring (bicyclic) bond motifs is 4. The molecule has 0 spiro atoms. The van der Waals surface area contributed by atoms with Crippen molar-refractivity contribution in [1.82, 2.24) is 18.7 Å². The van der Waals surface area contributed by atoms with Gasteiger partial charge in [0.2, 0.25) is 0 Å². The van der Waals surface area contributed by atoms with Gasteiger partial charge in [0.05, 0.1) is 13.2 Å². The van der Waals surface area contributed by atoms with Gasteiger partial charge in [-0.05, 0) is 25.0 Å². The van der Waals surface area contributed by atoms with E-state index < -0.39 is 13.3 Å². The number of nitrogens with zero attached hydrogens (tertiary/aromatic N) is 5. The molecule has 1 aliphatic rings. The first-order valence-electron chi connectivity index (χ1n) is 30.7. The maximum absolute atomic E-state index is 6.23. The zero-order valence-electron chi connectivity index (χ0n) is 48.9. The summed E-state index contributed by atoms with van der Waals surface area (Å²) in [5, 5.41) is 2.70. The number of hydrogen-bond donors (Lipinski definition) is 0. The van der Waals surface area contributed by atoms with E-state index in [0.29, 0.717) is 11.8 Å². The monoisotopic (exact) mass is 1200 g/mol. The van der Waals surface area contributed by atoms with Gasteiger partial charge in [0.1, 0.15) is 0 Å². The fourth-order valence-electron chi connectivity index (χ4n) is 12.2. The van der Waals surface area contributed by atoms with E-state index >= 15 is 0 Å². The average Bonchev–Trinajstić information content (AvgIpc) is 2.93. The molecule has 6 heterocycles. The Labute approximate surface area is 498 Å². The molecule has 10 rings (SSSR count). The summed E-state index contributed by atoms with van der Waals surface area (Å²) in [4.78, 5) is 17.5. The van der Waals surface area contributed by atoms with Crippen LogP contribution in [0, 0.1) is 11.8 Å². The average molecular weight is 1200 g/mol. The third-order valence-corrected chi connectivity index (χ3v) is 32.1. The summed E-state index contributed by atoms with van der Waals surface area (Å²) < 4.78 is 25.9. The Kier molecular flexibility index (Phi) is 20.6. The van der Waals surface area contributed by atoms with E-state index in [1.165, 1.54) is 137 Å². The molecule has 1 aliphatic heterocycles. The SMILES string of the molecule is CCCCCCOc1ccc(N(c2ccc(OCCCCCC)cc2)c2ccc(-c3c[c]4c(s3)-c3sc(-c5cnc(-c6ccc(-c7ccncc7)cc6)c6nsnc56)c[c]3[Ge]4([CH2]C(CC)CCCC)[CH2]C(CC)CCCC)cc2)cc1. The molecule has 11 heteroatoms. The van der Waals surface area contributed by atoms with Crippen molar-refractivity contribution in [2.45, 2.75) is 155 Å². The summed E-state index contributed by atoms with van der Waals surface area (Å²) >= 11 is 2.21. The Bertz CT molecular complexity index is 3300. The number of unbranched alkanes of at least 4 members (excludes halogenated alkanes) is 8. The number of aromatic nitrogens is 4. The summed E-state index contributed by atoms with van der Waals surface area (Å²) in [7, 11) is 0. The summed E-state index contributed by atoms with van der Waals surface area (Å²) in [6, 6.07) is 44.9. The second-order valence-electron chi connectivity index (χ2n) is 22.5. The van der Waals surface area contributed by atoms with Crippen molar-refractivity contribution in [3.8, 4) is 64.5 Å². The standard InChI is InChI=1S/C70H83GeN5O2S3/c1-7-13-17-19-43-77-59-35-31-57(32-36-59)76(58-33-37-60(38-34-58)78-44-20-18-14-8-2)56-29-27-54(28-30-56)64-45-62-69(79-64)70-63(71(62,47-50(11-5)21-15-9-3)48-51(12-6)22-16-10-4)46-65(80-70)61-49-73-66(68-67(61)74-81-75-68)55-25-23-52(24-26-55)53-39-41-72-42-40-53/h23-42,45-46,49-51H,7-22,43-44,47-48H2,1-6H3. The number of anilines is 3. The first-order chi connectivity index (χ1) is 39.9. The Morgan fingerprint density at radius 3 is 1.48 bits per heavy atom. The molecule has 0 aliphatic carbocycles. The van der Waals surface area contributed by atoms with Crippen LogP contribution < -0.4 is 23.2 Å². The summed E-state index contributed by atoms with van der Waals surface area (Å²) in [5.41, 5.74) is 11.8. The number of rotatable bonds is 31. The number of benzene rings is 4. The molecular formula is C70H83GeN5O2S3. The molecule has 0 fully saturated rings. The van der Waals surface area contributed by atoms with E-state index in [1.807, 2.05) is 35.1 Å². The molecule has 5 aromatic heterocycles. The zero-order chi connectivity index (χ0) is 56.0. The van der Waals surface area contributed by atoms with Crippen molar-refractivity contribution >= 4 is 84.6 Å². The molecule has 0 saturated heterocycles. The first-order valence-corrected chi connectivity index (χ1v) is 38.1. The minimum absolute atomic E-state index is 0.711. The first kappa shape index (κ1) is 58.5. The third-order valence-electron chi connectivity index (χ3n) is 16.9. The van der Waals surface area contributed by atoms with Gasteiger partial charge in [0, 0.05) is 12.4 Å². The van der Waals surface area contributed by atoms with Gasteiger partial charge in [-0.2, -0.15) is 0 Å². The number of pyridine rings is 2. The molecule has 9 aromatic rings. The molecule has 7 nitrogen and oxygen atoms in total. The molecule has 0 N–H and O–H groups in total. The zero-order valence-corrected chi connectivity index (χ0v) is 53.4. The van der Waals surface area contributed by atoms with Crippen LogP contribution in [-0.2, 0) is 0 Å². The van der Waals surface area contributed by atoms with Crippen LogP contribution in [0.2, 0.25) is 10.5 Å². The molecule has 4 aromatic carbocycles. The van der Waals surface area contributed by atoms with Crippen LogP contribution in [0.1, 0.15) is 144 Å². The molecule has 0 saturated carbocycles. The van der Waals surface area contributed by atoms with Crippen molar-refractivity contribution in [1.29, 1.82) is 0 Å². The van der Waals surface area contributed by atoms with Gasteiger partial charge in [-0.15, -0.1) is 0 Å². The maximum atomic E-state index is 6.23. The van der Waals surface area contributed by atoms with Crippen LogP contribution >= 0.6 is 34.4 Å². The second-order valence-corrected chi connectivity index (χ2v) is 33.7. The van der Waals surface area contributed by atoms with E-state index in [-0.39, 0.29) is 0 Å². The predicted octanol–water partition coefficient (Wildman–Crippen LogP) is 20.6. The van der Waals surface area contributed by atoms with E-state index in [9.17, 15) is 0 Å². The van der Waals surface area contributed by atoms with Crippen molar-refractivity contribution in [2.75, 3.05) is 18.1 Å². The number of hydrogen-bond acceptors (Lipinski definition) is 10. The fraction of sp³-hybridized carbons (Fsp3) is 0.400. The van der Waals surface area contributed by atoms with Crippen LogP contribution in [0.4, 0.5) is 17.1 Å². The molecule has 422 valence electrons. The van der Waals surface area contributed by atoms with Crippen LogP contribution in [0.3, 0.4) is 0 Å². The van der Waals surface area contributed by atoms with Crippen LogP contribution in [-0.4, -0.2) is 45.2 Å². The van der Waals surface area contributed by atoms with Gasteiger partial charge in [0.15, 0.2) is 0 Å². The molecule has 0 radical (unpaired) electrons. The predicted molar refractivity (Wildman–Crippen MR) is 351 cm³/mol. The van der Waals surface area contributed by atoms with Gasteiger partial charge in [0.25, 0.3) is 0 Å². The Balaban J connectivity index is 1.02. The quantitative estimate of drug-likeness (QED) is 0.0317.